The van der Waals surface area contributed by atoms with Crippen LogP contribution in [0.15, 0.2) is 12.2 Å². The summed E-state index contributed by atoms with van der Waals surface area (Å²) in [6.07, 6.45) is 3.11. The molecule has 2 N–H and O–H groups in total. The monoisotopic (exact) mass is 238 g/mol. The summed E-state index contributed by atoms with van der Waals surface area (Å²) in [4.78, 5) is 0. The lowest BCUT2D eigenvalue weighted by molar-refractivity contribution is -0.120. The van der Waals surface area contributed by atoms with Crippen molar-refractivity contribution in [3.05, 3.63) is 12.2 Å². The highest BCUT2D eigenvalue weighted by molar-refractivity contribution is 5.17. The molecular formula is C15H26O2. The maximum absolute atomic E-state index is 10.6. The average Bonchev–Trinajstić information content (AvgIpc) is 2.23. The molecule has 0 saturated heterocycles. The van der Waals surface area contributed by atoms with E-state index < -0.39 is 0 Å². The van der Waals surface area contributed by atoms with E-state index in [2.05, 4.69) is 27.4 Å². The van der Waals surface area contributed by atoms with Gasteiger partial charge in [0.1, 0.15) is 0 Å². The molecule has 0 bridgehead atoms. The minimum atomic E-state index is -0.323. The molecule has 98 valence electrons. The average molecular weight is 238 g/mol. The van der Waals surface area contributed by atoms with Gasteiger partial charge in [-0.05, 0) is 37.5 Å². The van der Waals surface area contributed by atoms with Gasteiger partial charge in [-0.15, -0.1) is 0 Å². The van der Waals surface area contributed by atoms with Crippen molar-refractivity contribution < 1.29 is 10.2 Å². The molecule has 2 heteroatoms. The third-order valence-corrected chi connectivity index (χ3v) is 5.30. The van der Waals surface area contributed by atoms with Crippen LogP contribution in [0, 0.1) is 23.2 Å². The molecule has 2 saturated carbocycles. The highest BCUT2D eigenvalue weighted by Gasteiger charge is 2.52. The fourth-order valence-electron chi connectivity index (χ4n) is 4.06. The topological polar surface area (TPSA) is 40.5 Å². The Hall–Kier alpha value is -0.340. The van der Waals surface area contributed by atoms with Crippen LogP contribution in [0.25, 0.3) is 0 Å². The van der Waals surface area contributed by atoms with E-state index in [1.807, 2.05) is 0 Å². The minimum Gasteiger partial charge on any atom is -0.393 e. The van der Waals surface area contributed by atoms with Crippen LogP contribution in [0.4, 0.5) is 0 Å². The van der Waals surface area contributed by atoms with Crippen LogP contribution < -0.4 is 0 Å². The first kappa shape index (κ1) is 13.1. The summed E-state index contributed by atoms with van der Waals surface area (Å²) in [5, 5.41) is 20.9. The predicted octanol–water partition coefficient (Wildman–Crippen LogP) is 2.75. The lowest BCUT2D eigenvalue weighted by atomic mass is 9.53. The van der Waals surface area contributed by atoms with Crippen molar-refractivity contribution in [3.63, 3.8) is 0 Å². The maximum Gasteiger partial charge on any atom is 0.0642 e. The van der Waals surface area contributed by atoms with Crippen molar-refractivity contribution in [1.29, 1.82) is 0 Å². The van der Waals surface area contributed by atoms with Crippen LogP contribution in [0.2, 0.25) is 0 Å². The van der Waals surface area contributed by atoms with Crippen LogP contribution >= 0.6 is 0 Å². The van der Waals surface area contributed by atoms with Gasteiger partial charge in [-0.1, -0.05) is 32.9 Å². The molecule has 0 spiro atoms. The predicted molar refractivity (Wildman–Crippen MR) is 69.5 cm³/mol. The Kier molecular flexibility index (Phi) is 3.39. The summed E-state index contributed by atoms with van der Waals surface area (Å²) in [6, 6.07) is 0. The minimum absolute atomic E-state index is 0.0902. The highest BCUT2D eigenvalue weighted by atomic mass is 16.3. The van der Waals surface area contributed by atoms with Gasteiger partial charge >= 0.3 is 0 Å². The van der Waals surface area contributed by atoms with Gasteiger partial charge in [0.25, 0.3) is 0 Å². The number of aliphatic hydroxyl groups excluding tert-OH is 2. The first-order valence-electron chi connectivity index (χ1n) is 6.91. The van der Waals surface area contributed by atoms with Gasteiger partial charge in [-0.25, -0.2) is 0 Å². The second kappa shape index (κ2) is 4.40. The zero-order chi connectivity index (χ0) is 12.8. The molecule has 5 atom stereocenters. The fourth-order valence-corrected chi connectivity index (χ4v) is 4.06. The third-order valence-electron chi connectivity index (χ3n) is 5.30. The summed E-state index contributed by atoms with van der Waals surface area (Å²) in [5.74, 6) is 0.948. The Balaban J connectivity index is 2.29. The zero-order valence-electron chi connectivity index (χ0n) is 11.3. The first-order valence-corrected chi connectivity index (χ1v) is 6.91. The van der Waals surface area contributed by atoms with Crippen molar-refractivity contribution >= 4 is 0 Å². The van der Waals surface area contributed by atoms with Gasteiger partial charge in [0, 0.05) is 11.3 Å². The molecule has 0 aliphatic heterocycles. The Morgan fingerprint density at radius 3 is 2.53 bits per heavy atom. The van der Waals surface area contributed by atoms with E-state index in [0.29, 0.717) is 11.8 Å². The van der Waals surface area contributed by atoms with E-state index in [0.717, 1.165) is 31.3 Å². The molecule has 0 radical (unpaired) electrons. The number of rotatable bonds is 1. The van der Waals surface area contributed by atoms with E-state index in [1.165, 1.54) is 0 Å². The summed E-state index contributed by atoms with van der Waals surface area (Å²) < 4.78 is 0. The molecule has 0 amide bonds. The molecule has 2 aliphatic carbocycles. The quantitative estimate of drug-likeness (QED) is 0.690. The smallest absolute Gasteiger partial charge is 0.0642 e. The highest BCUT2D eigenvalue weighted by Crippen LogP contribution is 2.54. The van der Waals surface area contributed by atoms with Gasteiger partial charge in [-0.3, -0.25) is 0 Å². The molecule has 2 aliphatic rings. The number of hydrogen-bond acceptors (Lipinski definition) is 2. The van der Waals surface area contributed by atoms with Crippen molar-refractivity contribution in [2.75, 3.05) is 0 Å². The summed E-state index contributed by atoms with van der Waals surface area (Å²) >= 11 is 0. The van der Waals surface area contributed by atoms with Gasteiger partial charge < -0.3 is 10.2 Å². The Morgan fingerprint density at radius 2 is 1.94 bits per heavy atom. The number of hydrogen-bond donors (Lipinski definition) is 2. The molecule has 0 aromatic heterocycles. The summed E-state index contributed by atoms with van der Waals surface area (Å²) in [5.41, 5.74) is 0.996. The second-order valence-electron chi connectivity index (χ2n) is 6.63. The molecule has 17 heavy (non-hydrogen) atoms. The van der Waals surface area contributed by atoms with Gasteiger partial charge in [0.15, 0.2) is 0 Å². The van der Waals surface area contributed by atoms with Crippen molar-refractivity contribution in [3.8, 4) is 0 Å². The normalized spacial score (nSPS) is 47.1. The van der Waals surface area contributed by atoms with E-state index in [-0.39, 0.29) is 23.5 Å². The van der Waals surface area contributed by atoms with Crippen molar-refractivity contribution in [2.45, 2.75) is 58.7 Å². The fraction of sp³-hybridized carbons (Fsp3) is 0.867. The number of fused-ring (bicyclic) bond motifs is 1. The molecule has 2 fully saturated rings. The van der Waals surface area contributed by atoms with E-state index >= 15 is 0 Å². The maximum atomic E-state index is 10.6. The first-order chi connectivity index (χ1) is 7.88. The third kappa shape index (κ3) is 1.96. The lowest BCUT2D eigenvalue weighted by Gasteiger charge is -2.54. The summed E-state index contributed by atoms with van der Waals surface area (Å²) in [7, 11) is 0. The van der Waals surface area contributed by atoms with Crippen LogP contribution in [0.5, 0.6) is 0 Å². The molecule has 2 rings (SSSR count). The Morgan fingerprint density at radius 1 is 1.29 bits per heavy atom. The molecule has 0 heterocycles. The Labute approximate surface area is 105 Å². The molecule has 0 unspecified atom stereocenters. The van der Waals surface area contributed by atoms with Gasteiger partial charge in [-0.2, -0.15) is 0 Å². The lowest BCUT2D eigenvalue weighted by Crippen LogP contribution is -2.54. The standard InChI is InChI=1S/C15H26O2/c1-9(2)11-7-8-15(4)12(16)6-5-10(3)13(15)14(11)17/h9,11-14,16-17H,3,5-8H2,1-2,4H3/t11-,12-,13+,14+,15-/m0/s1. The Bertz CT molecular complexity index is 310. The van der Waals surface area contributed by atoms with Crippen LogP contribution in [0.1, 0.15) is 46.5 Å². The SMILES string of the molecule is C=C1CC[C@H](O)[C@]2(C)CC[C@@H](C(C)C)[C@@H](O)[C@@H]12. The zero-order valence-corrected chi connectivity index (χ0v) is 11.3. The molecule has 2 nitrogen and oxygen atoms in total. The number of aliphatic hydroxyl groups is 2. The van der Waals surface area contributed by atoms with Gasteiger partial charge in [0.2, 0.25) is 0 Å². The second-order valence-corrected chi connectivity index (χ2v) is 6.63. The van der Waals surface area contributed by atoms with E-state index in [1.54, 1.807) is 0 Å². The van der Waals surface area contributed by atoms with Crippen molar-refractivity contribution in [2.24, 2.45) is 23.2 Å². The van der Waals surface area contributed by atoms with Crippen LogP contribution in [-0.4, -0.2) is 22.4 Å². The van der Waals surface area contributed by atoms with Gasteiger partial charge in [0.05, 0.1) is 12.2 Å². The molecular weight excluding hydrogens is 212 g/mol. The van der Waals surface area contributed by atoms with E-state index in [4.69, 9.17) is 0 Å². The van der Waals surface area contributed by atoms with Crippen LogP contribution in [0.3, 0.4) is 0 Å². The van der Waals surface area contributed by atoms with E-state index in [9.17, 15) is 10.2 Å². The van der Waals surface area contributed by atoms with Crippen molar-refractivity contribution in [1.82, 2.24) is 0 Å². The molecule has 0 aromatic carbocycles. The summed E-state index contributed by atoms with van der Waals surface area (Å²) in [6.45, 7) is 10.6. The molecule has 0 aromatic rings. The van der Waals surface area contributed by atoms with Crippen LogP contribution in [-0.2, 0) is 0 Å². The largest absolute Gasteiger partial charge is 0.393 e.